The predicted molar refractivity (Wildman–Crippen MR) is 103 cm³/mol. The smallest absolute Gasteiger partial charge is 0.171 e. The normalized spacial score (nSPS) is 17.4. The van der Waals surface area contributed by atoms with Gasteiger partial charge in [-0.3, -0.25) is 0 Å². The maximum atomic E-state index is 13.8. The summed E-state index contributed by atoms with van der Waals surface area (Å²) in [6, 6.07) is 5.67. The molecule has 1 saturated heterocycles. The zero-order chi connectivity index (χ0) is 18.4. The van der Waals surface area contributed by atoms with E-state index in [-0.39, 0.29) is 12.6 Å². The van der Waals surface area contributed by atoms with Crippen molar-refractivity contribution in [2.24, 2.45) is 0 Å². The van der Waals surface area contributed by atoms with Crippen molar-refractivity contribution in [2.45, 2.75) is 25.8 Å². The molecule has 1 fully saturated rings. The van der Waals surface area contributed by atoms with Crippen molar-refractivity contribution in [1.82, 2.24) is 14.6 Å². The molecule has 1 aromatic carbocycles. The van der Waals surface area contributed by atoms with Crippen molar-refractivity contribution in [1.29, 1.82) is 0 Å². The van der Waals surface area contributed by atoms with Crippen LogP contribution in [0, 0.1) is 22.1 Å². The van der Waals surface area contributed by atoms with Crippen LogP contribution in [-0.4, -0.2) is 38.9 Å². The molecule has 1 atom stereocenters. The van der Waals surface area contributed by atoms with E-state index < -0.39 is 11.6 Å². The Balaban J connectivity index is 1.95. The number of fused-ring (bicyclic) bond motifs is 1. The highest BCUT2D eigenvalue weighted by Crippen LogP contribution is 2.31. The molecule has 136 valence electrons. The molecule has 1 aliphatic rings. The minimum atomic E-state index is -0.901. The topological polar surface area (TPSA) is 53.7 Å². The molecule has 3 heterocycles. The Hall–Kier alpha value is -1.81. The largest absolute Gasteiger partial charge is 0.394 e. The number of nitrogens with zero attached hydrogens (tertiary/aromatic N) is 4. The lowest BCUT2D eigenvalue weighted by Crippen LogP contribution is -2.32. The van der Waals surface area contributed by atoms with Crippen LogP contribution < -0.4 is 4.90 Å². The first-order valence-electron chi connectivity index (χ1n) is 8.38. The van der Waals surface area contributed by atoms with Crippen LogP contribution in [0.2, 0.25) is 0 Å². The third-order valence-electron chi connectivity index (χ3n) is 4.78. The average molecular weight is 470 g/mol. The number of hydrogen-bond donors (Lipinski definition) is 1. The van der Waals surface area contributed by atoms with Gasteiger partial charge < -0.3 is 10.0 Å². The molecule has 2 aromatic heterocycles. The van der Waals surface area contributed by atoms with E-state index in [9.17, 15) is 13.9 Å². The number of aliphatic hydroxyl groups is 1. The van der Waals surface area contributed by atoms with E-state index in [0.717, 1.165) is 34.7 Å². The molecule has 4 rings (SSSR count). The fraction of sp³-hybridized carbons (Fsp3) is 0.333. The number of aromatic nitrogens is 3. The van der Waals surface area contributed by atoms with Crippen LogP contribution in [0.3, 0.4) is 0 Å². The molecular weight excluding hydrogens is 453 g/mol. The summed E-state index contributed by atoms with van der Waals surface area (Å²) < 4.78 is 29.7. The molecule has 0 spiro atoms. The van der Waals surface area contributed by atoms with E-state index in [1.807, 2.05) is 13.0 Å². The van der Waals surface area contributed by atoms with Gasteiger partial charge in [0.05, 0.1) is 27.6 Å². The molecule has 0 radical (unpaired) electrons. The second-order valence-electron chi connectivity index (χ2n) is 6.44. The van der Waals surface area contributed by atoms with E-state index >= 15 is 0 Å². The molecule has 3 aromatic rings. The van der Waals surface area contributed by atoms with Gasteiger partial charge in [0.1, 0.15) is 5.82 Å². The van der Waals surface area contributed by atoms with Crippen molar-refractivity contribution in [2.75, 3.05) is 18.1 Å². The monoisotopic (exact) mass is 470 g/mol. The number of halogens is 3. The van der Waals surface area contributed by atoms with Crippen molar-refractivity contribution in [3.8, 4) is 11.3 Å². The van der Waals surface area contributed by atoms with Crippen LogP contribution in [0.25, 0.3) is 16.9 Å². The van der Waals surface area contributed by atoms with Crippen LogP contribution in [0.5, 0.6) is 0 Å². The van der Waals surface area contributed by atoms with E-state index in [0.29, 0.717) is 22.7 Å². The molecule has 1 aliphatic heterocycles. The van der Waals surface area contributed by atoms with Crippen molar-refractivity contribution >= 4 is 34.1 Å². The van der Waals surface area contributed by atoms with Gasteiger partial charge in [-0.15, -0.1) is 0 Å². The molecule has 1 unspecified atom stereocenters. The van der Waals surface area contributed by atoms with Crippen LogP contribution in [0.4, 0.5) is 14.6 Å². The van der Waals surface area contributed by atoms with Gasteiger partial charge in [0, 0.05) is 18.2 Å². The highest BCUT2D eigenvalue weighted by Gasteiger charge is 2.27. The molecule has 5 nitrogen and oxygen atoms in total. The minimum Gasteiger partial charge on any atom is -0.394 e. The van der Waals surface area contributed by atoms with Gasteiger partial charge in [0.25, 0.3) is 0 Å². The molecule has 1 N–H and O–H groups in total. The summed E-state index contributed by atoms with van der Waals surface area (Å²) in [5.74, 6) is -1.07. The first-order valence-corrected chi connectivity index (χ1v) is 9.46. The molecular formula is C18H17F2IN4O. The third kappa shape index (κ3) is 2.84. The van der Waals surface area contributed by atoms with Gasteiger partial charge in [0.15, 0.2) is 17.3 Å². The number of anilines is 1. The molecule has 0 bridgehead atoms. The number of hydrogen-bond acceptors (Lipinski definition) is 4. The zero-order valence-electron chi connectivity index (χ0n) is 14.1. The van der Waals surface area contributed by atoms with E-state index in [4.69, 9.17) is 4.98 Å². The standard InChI is InChI=1S/C18H17F2IN4O/c1-10-17(21)18-22-16(24-6-2-3-12(24)9-26)8-15(25(18)23-10)11-4-5-13(19)14(20)7-11/h4-5,7-8,12,26H,2-3,6,9H2,1H3. The maximum Gasteiger partial charge on any atom is 0.171 e. The fourth-order valence-corrected chi connectivity index (χ4v) is 3.88. The first kappa shape index (κ1) is 17.6. The number of benzene rings is 1. The Labute approximate surface area is 162 Å². The highest BCUT2D eigenvalue weighted by atomic mass is 127. The second kappa shape index (κ2) is 6.73. The van der Waals surface area contributed by atoms with Crippen molar-refractivity contribution in [3.05, 3.63) is 45.2 Å². The predicted octanol–water partition coefficient (Wildman–Crippen LogP) is 3.55. The fourth-order valence-electron chi connectivity index (χ4n) is 3.42. The Morgan fingerprint density at radius 1 is 1.27 bits per heavy atom. The summed E-state index contributed by atoms with van der Waals surface area (Å²) in [4.78, 5) is 6.81. The lowest BCUT2D eigenvalue weighted by Gasteiger charge is -2.25. The quantitative estimate of drug-likeness (QED) is 0.596. The summed E-state index contributed by atoms with van der Waals surface area (Å²) in [6.07, 6.45) is 1.88. The van der Waals surface area contributed by atoms with Gasteiger partial charge >= 0.3 is 0 Å². The Morgan fingerprint density at radius 3 is 2.81 bits per heavy atom. The van der Waals surface area contributed by atoms with Gasteiger partial charge in [-0.2, -0.15) is 5.10 Å². The minimum absolute atomic E-state index is 0.0180. The van der Waals surface area contributed by atoms with E-state index in [1.54, 1.807) is 4.52 Å². The lowest BCUT2D eigenvalue weighted by molar-refractivity contribution is 0.266. The maximum absolute atomic E-state index is 13.8. The summed E-state index contributed by atoms with van der Waals surface area (Å²) >= 11 is 2.19. The average Bonchev–Trinajstić information content (AvgIpc) is 3.22. The van der Waals surface area contributed by atoms with Crippen molar-refractivity contribution in [3.63, 3.8) is 0 Å². The zero-order valence-corrected chi connectivity index (χ0v) is 16.2. The summed E-state index contributed by atoms with van der Waals surface area (Å²) in [6.45, 7) is 2.75. The second-order valence-corrected chi connectivity index (χ2v) is 7.51. The number of aliphatic hydroxyl groups excluding tert-OH is 1. The van der Waals surface area contributed by atoms with Crippen LogP contribution in [0.15, 0.2) is 24.3 Å². The van der Waals surface area contributed by atoms with Gasteiger partial charge in [-0.1, -0.05) is 0 Å². The molecule has 0 saturated carbocycles. The summed E-state index contributed by atoms with van der Waals surface area (Å²) in [7, 11) is 0. The summed E-state index contributed by atoms with van der Waals surface area (Å²) in [5, 5.41) is 14.2. The molecule has 26 heavy (non-hydrogen) atoms. The number of rotatable bonds is 3. The number of aryl methyl sites for hydroxylation is 1. The Bertz CT molecular complexity index is 991. The molecule has 0 amide bonds. The Morgan fingerprint density at radius 2 is 2.08 bits per heavy atom. The van der Waals surface area contributed by atoms with Crippen LogP contribution >= 0.6 is 22.6 Å². The van der Waals surface area contributed by atoms with Crippen molar-refractivity contribution < 1.29 is 13.9 Å². The third-order valence-corrected chi connectivity index (χ3v) is 6.04. The highest BCUT2D eigenvalue weighted by molar-refractivity contribution is 14.1. The first-order chi connectivity index (χ1) is 12.5. The van der Waals surface area contributed by atoms with Gasteiger partial charge in [0.2, 0.25) is 0 Å². The van der Waals surface area contributed by atoms with Crippen LogP contribution in [-0.2, 0) is 0 Å². The van der Waals surface area contributed by atoms with E-state index in [1.165, 1.54) is 12.1 Å². The summed E-state index contributed by atoms with van der Waals surface area (Å²) in [5.41, 5.74) is 2.65. The molecule has 0 aliphatic carbocycles. The van der Waals surface area contributed by atoms with Gasteiger partial charge in [-0.25, -0.2) is 18.3 Å². The van der Waals surface area contributed by atoms with E-state index in [2.05, 4.69) is 32.6 Å². The Kier molecular flexibility index (Phi) is 4.55. The van der Waals surface area contributed by atoms with Crippen LogP contribution in [0.1, 0.15) is 18.5 Å². The molecule has 8 heteroatoms. The SMILES string of the molecule is Cc1nn2c(-c3ccc(F)c(F)c3)cc(N3CCCC3CO)nc2c1I. The van der Waals surface area contributed by atoms with Gasteiger partial charge in [-0.05, 0) is 60.6 Å². The lowest BCUT2D eigenvalue weighted by atomic mass is 10.1.